The summed E-state index contributed by atoms with van der Waals surface area (Å²) in [5.41, 5.74) is 0.193. The highest BCUT2D eigenvalue weighted by molar-refractivity contribution is 5.96. The Morgan fingerprint density at radius 1 is 0.873 bits per heavy atom. The number of amides is 3. The molecule has 3 amide bonds. The highest BCUT2D eigenvalue weighted by Gasteiger charge is 2.43. The second kappa shape index (κ2) is 16.9. The number of ether oxygens (including phenoxy) is 2. The van der Waals surface area contributed by atoms with Gasteiger partial charge in [0, 0.05) is 36.5 Å². The predicted octanol–water partition coefficient (Wildman–Crippen LogP) is 7.26. The summed E-state index contributed by atoms with van der Waals surface area (Å²) in [6.45, 7) is 13.1. The number of aliphatic hydroxyl groups excluding tert-OH is 1. The molecule has 0 saturated heterocycles. The molecule has 4 aromatic rings. The summed E-state index contributed by atoms with van der Waals surface area (Å²) in [7, 11) is 0. The van der Waals surface area contributed by atoms with Gasteiger partial charge in [0.2, 0.25) is 5.91 Å². The van der Waals surface area contributed by atoms with E-state index in [-0.39, 0.29) is 29.1 Å². The average molecular weight is 758 g/mol. The molecular formula is C40H47N5O10. The number of hydrogen-bond donors (Lipinski definition) is 3. The first-order valence-corrected chi connectivity index (χ1v) is 17.6. The van der Waals surface area contributed by atoms with Crippen molar-refractivity contribution in [2.75, 3.05) is 11.6 Å². The largest absolute Gasteiger partial charge is 0.481 e. The van der Waals surface area contributed by atoms with Gasteiger partial charge in [0.15, 0.2) is 6.04 Å². The summed E-state index contributed by atoms with van der Waals surface area (Å²) in [5.74, 6) is -2.18. The molecule has 292 valence electrons. The molecule has 0 aliphatic rings. The number of hydrogen-bond acceptors (Lipinski definition) is 11. The maximum atomic E-state index is 15.1. The molecule has 55 heavy (non-hydrogen) atoms. The number of pyridine rings is 1. The number of benzene rings is 3. The number of aromatic nitrogens is 1. The number of carbonyl (C=O) groups is 4. The van der Waals surface area contributed by atoms with Crippen LogP contribution in [-0.4, -0.2) is 67.0 Å². The zero-order valence-electron chi connectivity index (χ0n) is 32.2. The first-order valence-electron chi connectivity index (χ1n) is 17.6. The number of aryl methyl sites for hydroxylation is 2. The summed E-state index contributed by atoms with van der Waals surface area (Å²) in [6.07, 6.45) is 0.461. The number of imide groups is 1. The molecular weight excluding hydrogens is 710 g/mol. The molecule has 1 heterocycles. The van der Waals surface area contributed by atoms with Crippen LogP contribution in [0.1, 0.15) is 87.9 Å². The molecule has 0 saturated carbocycles. The van der Waals surface area contributed by atoms with Gasteiger partial charge in [-0.25, -0.2) is 9.59 Å². The Morgan fingerprint density at radius 2 is 1.49 bits per heavy atom. The Balaban J connectivity index is 2.08. The molecule has 3 aromatic carbocycles. The van der Waals surface area contributed by atoms with E-state index in [4.69, 9.17) is 9.47 Å². The molecule has 15 nitrogen and oxygen atoms in total. The fourth-order valence-electron chi connectivity index (χ4n) is 6.08. The number of nitro benzene ring substituents is 1. The van der Waals surface area contributed by atoms with Gasteiger partial charge in [-0.2, -0.15) is 0 Å². The number of rotatable bonds is 12. The van der Waals surface area contributed by atoms with Gasteiger partial charge in [-0.05, 0) is 113 Å². The minimum Gasteiger partial charge on any atom is -0.481 e. The summed E-state index contributed by atoms with van der Waals surface area (Å²) < 4.78 is 11.5. The third kappa shape index (κ3) is 10.8. The van der Waals surface area contributed by atoms with Crippen LogP contribution < -0.4 is 10.3 Å². The van der Waals surface area contributed by atoms with Gasteiger partial charge in [0.05, 0.1) is 23.1 Å². The second-order valence-electron chi connectivity index (χ2n) is 15.0. The Labute approximate surface area is 319 Å². The van der Waals surface area contributed by atoms with Crippen LogP contribution in [0.15, 0.2) is 73.1 Å². The van der Waals surface area contributed by atoms with Crippen LogP contribution in [0.2, 0.25) is 0 Å². The van der Waals surface area contributed by atoms with Crippen molar-refractivity contribution in [2.45, 2.75) is 91.5 Å². The minimum absolute atomic E-state index is 0.134. The lowest BCUT2D eigenvalue weighted by atomic mass is 9.93. The lowest BCUT2D eigenvalue weighted by Gasteiger charge is -2.41. The smallest absolute Gasteiger partial charge is 0.439 e. The Kier molecular flexibility index (Phi) is 12.8. The molecule has 4 rings (SSSR count). The van der Waals surface area contributed by atoms with Crippen LogP contribution in [0, 0.1) is 24.0 Å². The maximum Gasteiger partial charge on any atom is 0.439 e. The number of nitro groups is 1. The van der Waals surface area contributed by atoms with Gasteiger partial charge >= 0.3 is 18.2 Å². The Bertz CT molecular complexity index is 2040. The number of carboxylic acids is 1. The van der Waals surface area contributed by atoms with E-state index < -0.39 is 58.7 Å². The lowest BCUT2D eigenvalue weighted by Crippen LogP contribution is -2.57. The van der Waals surface area contributed by atoms with Crippen LogP contribution in [-0.2, 0) is 25.5 Å². The highest BCUT2D eigenvalue weighted by atomic mass is 16.6. The molecule has 0 radical (unpaired) electrons. The van der Waals surface area contributed by atoms with E-state index in [1.165, 1.54) is 24.3 Å². The van der Waals surface area contributed by atoms with E-state index in [2.05, 4.69) is 10.3 Å². The number of carbonyl (C=O) groups excluding carboxylic acids is 3. The Morgan fingerprint density at radius 3 is 2.04 bits per heavy atom. The van der Waals surface area contributed by atoms with Crippen LogP contribution in [0.4, 0.5) is 21.0 Å². The normalized spacial score (nSPS) is 12.7. The van der Waals surface area contributed by atoms with Crippen LogP contribution in [0.5, 0.6) is 0 Å². The van der Waals surface area contributed by atoms with Crippen molar-refractivity contribution in [3.8, 4) is 0 Å². The number of nitrogens with zero attached hydrogens (tertiary/aromatic N) is 4. The standard InChI is InChI=1S/C40H47N5O10/c1-24-18-29(19-25(2)32(24)15-17-46)35(36(49)42-33(22-34(47)48)27-10-9-11-31(21-27)45(52)53)43(30-13-12-28-23-41-16-14-26(28)20-30)44(37(50)54-39(3,4)5)38(51)55-40(6,7)8/h9-14,16,18-21,23,33,35,46H,15,17,22H2,1-8H3,(H,42,49)(H,47,48). The van der Waals surface area contributed by atoms with Gasteiger partial charge in [0.25, 0.3) is 5.69 Å². The molecule has 2 atom stereocenters. The van der Waals surface area contributed by atoms with Crippen molar-refractivity contribution < 1.29 is 43.8 Å². The van der Waals surface area contributed by atoms with Gasteiger partial charge in [-0.3, -0.25) is 29.7 Å². The molecule has 15 heteroatoms. The molecule has 3 N–H and O–H groups in total. The summed E-state index contributed by atoms with van der Waals surface area (Å²) in [5, 5.41) is 37.3. The first kappa shape index (κ1) is 41.7. The van der Waals surface area contributed by atoms with Crippen molar-refractivity contribution in [3.63, 3.8) is 0 Å². The zero-order valence-corrected chi connectivity index (χ0v) is 32.2. The fourth-order valence-corrected chi connectivity index (χ4v) is 6.08. The maximum absolute atomic E-state index is 15.1. The van der Waals surface area contributed by atoms with Crippen molar-refractivity contribution >= 4 is 46.2 Å². The highest BCUT2D eigenvalue weighted by Crippen LogP contribution is 2.36. The number of fused-ring (bicyclic) bond motifs is 1. The number of nitrogens with one attached hydrogen (secondary N) is 1. The number of carboxylic acid groups (broad SMARTS) is 1. The number of anilines is 1. The van der Waals surface area contributed by atoms with E-state index in [0.717, 1.165) is 10.6 Å². The van der Waals surface area contributed by atoms with Crippen molar-refractivity contribution in [3.05, 3.63) is 111 Å². The van der Waals surface area contributed by atoms with Crippen LogP contribution in [0.3, 0.4) is 0 Å². The monoisotopic (exact) mass is 757 g/mol. The SMILES string of the molecule is Cc1cc(C(C(=O)NC(CC(=O)O)c2cccc([N+](=O)[O-])c2)N(c2ccc3cnccc3c2)N(C(=O)OC(C)(C)C)C(=O)OC(C)(C)C)cc(C)c1CCO. The topological polar surface area (TPSA) is 202 Å². The fraction of sp³-hybridized carbons (Fsp3) is 0.375. The number of non-ortho nitro benzene ring substituents is 1. The molecule has 0 fully saturated rings. The summed E-state index contributed by atoms with van der Waals surface area (Å²) >= 11 is 0. The van der Waals surface area contributed by atoms with E-state index in [0.29, 0.717) is 33.3 Å². The summed E-state index contributed by atoms with van der Waals surface area (Å²) in [4.78, 5) is 71.2. The minimum atomic E-state index is -1.62. The average Bonchev–Trinajstić information content (AvgIpc) is 3.07. The van der Waals surface area contributed by atoms with Crippen LogP contribution in [0.25, 0.3) is 10.8 Å². The zero-order chi connectivity index (χ0) is 40.8. The van der Waals surface area contributed by atoms with Crippen LogP contribution >= 0.6 is 0 Å². The third-order valence-electron chi connectivity index (χ3n) is 8.30. The van der Waals surface area contributed by atoms with Gasteiger partial charge in [-0.1, -0.05) is 30.3 Å². The molecule has 1 aromatic heterocycles. The van der Waals surface area contributed by atoms with Gasteiger partial charge in [0.1, 0.15) is 11.2 Å². The molecule has 0 aliphatic carbocycles. The van der Waals surface area contributed by atoms with Crippen molar-refractivity contribution in [2.24, 2.45) is 0 Å². The molecule has 0 bridgehead atoms. The quantitative estimate of drug-likeness (QED) is 0.0966. The molecule has 0 spiro atoms. The Hall–Kier alpha value is -6.09. The van der Waals surface area contributed by atoms with E-state index >= 15 is 4.79 Å². The molecule has 0 aliphatic heterocycles. The van der Waals surface area contributed by atoms with Gasteiger partial charge < -0.3 is 25.0 Å². The summed E-state index contributed by atoms with van der Waals surface area (Å²) in [6, 6.07) is 12.3. The van der Waals surface area contributed by atoms with E-state index in [1.54, 1.807) is 104 Å². The predicted molar refractivity (Wildman–Crippen MR) is 204 cm³/mol. The first-order chi connectivity index (χ1) is 25.7. The van der Waals surface area contributed by atoms with Crippen molar-refractivity contribution in [1.82, 2.24) is 15.3 Å². The number of hydrazine groups is 1. The second-order valence-corrected chi connectivity index (χ2v) is 15.0. The van der Waals surface area contributed by atoms with E-state index in [9.17, 15) is 34.7 Å². The van der Waals surface area contributed by atoms with Crippen molar-refractivity contribution in [1.29, 1.82) is 0 Å². The van der Waals surface area contributed by atoms with Gasteiger partial charge in [-0.15, -0.1) is 5.01 Å². The molecule has 2 unspecified atom stereocenters. The third-order valence-corrected chi connectivity index (χ3v) is 8.30. The lowest BCUT2D eigenvalue weighted by molar-refractivity contribution is -0.384. The number of aliphatic carboxylic acids is 1. The number of aliphatic hydroxyl groups is 1. The van der Waals surface area contributed by atoms with E-state index in [1.807, 2.05) is 0 Å².